The van der Waals surface area contributed by atoms with Gasteiger partial charge < -0.3 is 10.3 Å². The molecule has 2 N–H and O–H groups in total. The number of nitrogens with one attached hydrogen (secondary N) is 2. The number of rotatable bonds is 1. The van der Waals surface area contributed by atoms with E-state index in [-0.39, 0.29) is 6.04 Å². The van der Waals surface area contributed by atoms with Gasteiger partial charge in [0.15, 0.2) is 0 Å². The Balaban J connectivity index is 1.73. The molecule has 0 saturated heterocycles. The van der Waals surface area contributed by atoms with Crippen molar-refractivity contribution in [3.8, 4) is 0 Å². The van der Waals surface area contributed by atoms with Gasteiger partial charge >= 0.3 is 0 Å². The molecule has 1 aliphatic heterocycles. The molecule has 4 rings (SSSR count). The minimum atomic E-state index is 0.259. The van der Waals surface area contributed by atoms with Gasteiger partial charge in [-0.25, -0.2) is 4.98 Å². The molecule has 0 fully saturated rings. The predicted octanol–water partition coefficient (Wildman–Crippen LogP) is 3.27. The van der Waals surface area contributed by atoms with Gasteiger partial charge in [0.05, 0.1) is 17.1 Å². The van der Waals surface area contributed by atoms with Crippen LogP contribution in [0.5, 0.6) is 0 Å². The number of H-pyrrole nitrogens is 1. The highest BCUT2D eigenvalue weighted by atomic mass is 15.0. The van der Waals surface area contributed by atoms with Crippen molar-refractivity contribution in [1.82, 2.24) is 9.97 Å². The first-order valence-electron chi connectivity index (χ1n) is 6.19. The summed E-state index contributed by atoms with van der Waals surface area (Å²) in [5.74, 6) is 1.02. The zero-order valence-corrected chi connectivity index (χ0v) is 9.85. The molecular weight excluding hydrogens is 222 g/mol. The van der Waals surface area contributed by atoms with Gasteiger partial charge in [0.1, 0.15) is 5.82 Å². The van der Waals surface area contributed by atoms with Crippen molar-refractivity contribution < 1.29 is 0 Å². The van der Waals surface area contributed by atoms with Crippen LogP contribution in [-0.2, 0) is 6.42 Å². The molecule has 1 atom stereocenters. The van der Waals surface area contributed by atoms with Crippen molar-refractivity contribution in [2.75, 3.05) is 5.32 Å². The van der Waals surface area contributed by atoms with Crippen molar-refractivity contribution in [1.29, 1.82) is 0 Å². The number of nitrogens with zero attached hydrogens (tertiary/aromatic N) is 1. The van der Waals surface area contributed by atoms with E-state index in [1.807, 2.05) is 18.2 Å². The van der Waals surface area contributed by atoms with Crippen LogP contribution < -0.4 is 5.32 Å². The van der Waals surface area contributed by atoms with E-state index >= 15 is 0 Å². The average Bonchev–Trinajstić information content (AvgIpc) is 3.02. The van der Waals surface area contributed by atoms with Gasteiger partial charge in [0.2, 0.25) is 0 Å². The Kier molecular flexibility index (Phi) is 1.94. The number of imidazole rings is 1. The lowest BCUT2D eigenvalue weighted by molar-refractivity contribution is 0.768. The maximum atomic E-state index is 4.66. The molecule has 0 aliphatic carbocycles. The van der Waals surface area contributed by atoms with Crippen LogP contribution in [0, 0.1) is 0 Å². The first-order chi connectivity index (χ1) is 8.90. The quantitative estimate of drug-likeness (QED) is 0.679. The van der Waals surface area contributed by atoms with E-state index < -0.39 is 0 Å². The Hall–Kier alpha value is -2.29. The highest BCUT2D eigenvalue weighted by Crippen LogP contribution is 2.33. The molecule has 1 unspecified atom stereocenters. The summed E-state index contributed by atoms with van der Waals surface area (Å²) in [5.41, 5.74) is 4.72. The van der Waals surface area contributed by atoms with Crippen molar-refractivity contribution >= 4 is 16.7 Å². The fourth-order valence-electron chi connectivity index (χ4n) is 2.60. The average molecular weight is 235 g/mol. The predicted molar refractivity (Wildman–Crippen MR) is 72.6 cm³/mol. The molecule has 1 aliphatic rings. The number of aromatic amines is 1. The number of hydrogen-bond donors (Lipinski definition) is 2. The van der Waals surface area contributed by atoms with E-state index in [9.17, 15) is 0 Å². The molecule has 3 nitrogen and oxygen atoms in total. The smallest absolute Gasteiger partial charge is 0.130 e. The van der Waals surface area contributed by atoms with Gasteiger partial charge in [-0.05, 0) is 23.8 Å². The highest BCUT2D eigenvalue weighted by molar-refractivity contribution is 5.75. The van der Waals surface area contributed by atoms with Crippen molar-refractivity contribution in [3.05, 3.63) is 59.9 Å². The molecule has 18 heavy (non-hydrogen) atoms. The van der Waals surface area contributed by atoms with Crippen LogP contribution in [-0.4, -0.2) is 9.97 Å². The van der Waals surface area contributed by atoms with Crippen LogP contribution in [0.25, 0.3) is 11.0 Å². The number of aromatic nitrogens is 2. The van der Waals surface area contributed by atoms with Crippen LogP contribution in [0.1, 0.15) is 17.4 Å². The second-order valence-electron chi connectivity index (χ2n) is 4.70. The zero-order valence-electron chi connectivity index (χ0n) is 9.85. The molecule has 2 aromatic carbocycles. The number of fused-ring (bicyclic) bond motifs is 2. The summed E-state index contributed by atoms with van der Waals surface area (Å²) in [6, 6.07) is 16.8. The molecule has 0 bridgehead atoms. The van der Waals surface area contributed by atoms with Crippen LogP contribution >= 0.6 is 0 Å². The SMILES string of the molecule is c1ccc2c(c1)CC(c1nc3ccccc3[nH]1)N2. The Bertz CT molecular complexity index is 656. The Morgan fingerprint density at radius 2 is 1.83 bits per heavy atom. The van der Waals surface area contributed by atoms with Gasteiger partial charge in [-0.1, -0.05) is 30.3 Å². The summed E-state index contributed by atoms with van der Waals surface area (Å²) in [4.78, 5) is 8.06. The van der Waals surface area contributed by atoms with Gasteiger partial charge in [0, 0.05) is 12.1 Å². The summed E-state index contributed by atoms with van der Waals surface area (Å²) in [5, 5.41) is 3.52. The molecule has 3 heteroatoms. The van der Waals surface area contributed by atoms with Crippen molar-refractivity contribution in [2.24, 2.45) is 0 Å². The van der Waals surface area contributed by atoms with E-state index in [2.05, 4.69) is 45.6 Å². The van der Waals surface area contributed by atoms with E-state index in [0.717, 1.165) is 23.3 Å². The summed E-state index contributed by atoms with van der Waals surface area (Å²) >= 11 is 0. The fraction of sp³-hybridized carbons (Fsp3) is 0.133. The zero-order chi connectivity index (χ0) is 11.9. The van der Waals surface area contributed by atoms with E-state index in [4.69, 9.17) is 0 Å². The normalized spacial score (nSPS) is 17.7. The van der Waals surface area contributed by atoms with Gasteiger partial charge in [0.25, 0.3) is 0 Å². The monoisotopic (exact) mass is 235 g/mol. The molecular formula is C15H13N3. The summed E-state index contributed by atoms with van der Waals surface area (Å²) in [7, 11) is 0. The van der Waals surface area contributed by atoms with Crippen molar-refractivity contribution in [2.45, 2.75) is 12.5 Å². The molecule has 2 heterocycles. The standard InChI is InChI=1S/C15H13N3/c1-2-6-11-10(5-1)9-14(16-11)15-17-12-7-3-4-8-13(12)18-15/h1-8,14,16H,9H2,(H,17,18). The van der Waals surface area contributed by atoms with Gasteiger partial charge in [-0.15, -0.1) is 0 Å². The first kappa shape index (κ1) is 9.71. The first-order valence-corrected chi connectivity index (χ1v) is 6.19. The lowest BCUT2D eigenvalue weighted by atomic mass is 10.1. The third kappa shape index (κ3) is 1.40. The highest BCUT2D eigenvalue weighted by Gasteiger charge is 2.23. The number of para-hydroxylation sites is 3. The lowest BCUT2D eigenvalue weighted by Gasteiger charge is -2.06. The largest absolute Gasteiger partial charge is 0.375 e. The van der Waals surface area contributed by atoms with Crippen molar-refractivity contribution in [3.63, 3.8) is 0 Å². The minimum Gasteiger partial charge on any atom is -0.375 e. The van der Waals surface area contributed by atoms with Gasteiger partial charge in [-0.2, -0.15) is 0 Å². The topological polar surface area (TPSA) is 40.7 Å². The Labute approximate surface area is 105 Å². The third-order valence-electron chi connectivity index (χ3n) is 3.51. The number of anilines is 1. The summed E-state index contributed by atoms with van der Waals surface area (Å²) in [6.45, 7) is 0. The lowest BCUT2D eigenvalue weighted by Crippen LogP contribution is -2.07. The maximum absolute atomic E-state index is 4.66. The van der Waals surface area contributed by atoms with E-state index in [1.54, 1.807) is 0 Å². The Morgan fingerprint density at radius 3 is 2.72 bits per heavy atom. The maximum Gasteiger partial charge on any atom is 0.130 e. The second kappa shape index (κ2) is 3.60. The summed E-state index contributed by atoms with van der Waals surface area (Å²) < 4.78 is 0. The van der Waals surface area contributed by atoms with E-state index in [1.165, 1.54) is 11.3 Å². The number of hydrogen-bond acceptors (Lipinski definition) is 2. The molecule has 88 valence electrons. The molecule has 3 aromatic rings. The van der Waals surface area contributed by atoms with E-state index in [0.29, 0.717) is 0 Å². The van der Waals surface area contributed by atoms with Crippen LogP contribution in [0.2, 0.25) is 0 Å². The molecule has 1 aromatic heterocycles. The minimum absolute atomic E-state index is 0.259. The van der Waals surface area contributed by atoms with Crippen LogP contribution in [0.4, 0.5) is 5.69 Å². The van der Waals surface area contributed by atoms with Gasteiger partial charge in [-0.3, -0.25) is 0 Å². The molecule has 0 saturated carbocycles. The Morgan fingerprint density at radius 1 is 1.00 bits per heavy atom. The molecule has 0 amide bonds. The fourth-order valence-corrected chi connectivity index (χ4v) is 2.60. The molecule has 0 spiro atoms. The van der Waals surface area contributed by atoms with Crippen LogP contribution in [0.15, 0.2) is 48.5 Å². The second-order valence-corrected chi connectivity index (χ2v) is 4.70. The van der Waals surface area contributed by atoms with Crippen LogP contribution in [0.3, 0.4) is 0 Å². The number of benzene rings is 2. The summed E-state index contributed by atoms with van der Waals surface area (Å²) in [6.07, 6.45) is 0.996. The third-order valence-corrected chi connectivity index (χ3v) is 3.51. The molecule has 0 radical (unpaired) electrons.